The van der Waals surface area contributed by atoms with Gasteiger partial charge in [-0.2, -0.15) is 10.5 Å². The molecule has 0 unspecified atom stereocenters. The number of ether oxygens (including phenoxy) is 2. The summed E-state index contributed by atoms with van der Waals surface area (Å²) in [5, 5.41) is 18.0. The second kappa shape index (κ2) is 8.17. The van der Waals surface area contributed by atoms with Gasteiger partial charge in [-0.3, -0.25) is 0 Å². The second-order valence-corrected chi connectivity index (χ2v) is 4.83. The molecule has 0 heterocycles. The van der Waals surface area contributed by atoms with E-state index in [2.05, 4.69) is 0 Å². The molecule has 2 rings (SSSR count). The summed E-state index contributed by atoms with van der Waals surface area (Å²) < 4.78 is 10.2. The molecule has 0 saturated carbocycles. The predicted octanol–water partition coefficient (Wildman–Crippen LogP) is 3.22. The van der Waals surface area contributed by atoms with Crippen LogP contribution in [-0.2, 0) is 16.1 Å². The third-order valence-electron chi connectivity index (χ3n) is 3.19. The van der Waals surface area contributed by atoms with Crippen LogP contribution in [0.2, 0.25) is 0 Å². The summed E-state index contributed by atoms with van der Waals surface area (Å²) in [5.74, 6) is -0.0266. The number of hydrogen-bond donors (Lipinski definition) is 0. The van der Waals surface area contributed by atoms with E-state index in [9.17, 15) is 4.79 Å². The summed E-state index contributed by atoms with van der Waals surface area (Å²) in [4.78, 5) is 12.0. The minimum Gasteiger partial charge on any atom is -0.497 e. The molecule has 0 aliphatic carbocycles. The Morgan fingerprint density at radius 2 is 1.92 bits per heavy atom. The first kappa shape index (κ1) is 16.8. The molecule has 0 radical (unpaired) electrons. The molecule has 0 saturated heterocycles. The summed E-state index contributed by atoms with van der Waals surface area (Å²) >= 11 is 0. The van der Waals surface area contributed by atoms with Gasteiger partial charge >= 0.3 is 5.97 Å². The normalized spacial score (nSPS) is 10.4. The summed E-state index contributed by atoms with van der Waals surface area (Å²) in [6, 6.07) is 17.5. The van der Waals surface area contributed by atoms with E-state index in [1.165, 1.54) is 6.08 Å². The van der Waals surface area contributed by atoms with E-state index in [0.717, 1.165) is 0 Å². The summed E-state index contributed by atoms with van der Waals surface area (Å²) in [7, 11) is 1.56. The van der Waals surface area contributed by atoms with E-state index in [-0.39, 0.29) is 12.2 Å². The van der Waals surface area contributed by atoms with Crippen molar-refractivity contribution in [3.05, 3.63) is 70.8 Å². The highest BCUT2D eigenvalue weighted by Crippen LogP contribution is 2.15. The van der Waals surface area contributed by atoms with Gasteiger partial charge in [0.05, 0.1) is 18.7 Å². The highest BCUT2D eigenvalue weighted by molar-refractivity contribution is 5.97. The van der Waals surface area contributed by atoms with E-state index >= 15 is 0 Å². The quantitative estimate of drug-likeness (QED) is 0.480. The Morgan fingerprint density at radius 3 is 2.54 bits per heavy atom. The largest absolute Gasteiger partial charge is 0.497 e. The van der Waals surface area contributed by atoms with Gasteiger partial charge in [-0.25, -0.2) is 4.79 Å². The van der Waals surface area contributed by atoms with Gasteiger partial charge in [-0.1, -0.05) is 24.3 Å². The monoisotopic (exact) mass is 318 g/mol. The van der Waals surface area contributed by atoms with Crippen LogP contribution < -0.4 is 4.74 Å². The Bertz CT molecular complexity index is 840. The number of nitriles is 2. The molecule has 0 bridgehead atoms. The van der Waals surface area contributed by atoms with Crippen LogP contribution >= 0.6 is 0 Å². The lowest BCUT2D eigenvalue weighted by atomic mass is 10.1. The van der Waals surface area contributed by atoms with Crippen LogP contribution in [0.1, 0.15) is 16.7 Å². The zero-order valence-corrected chi connectivity index (χ0v) is 13.0. The van der Waals surface area contributed by atoms with E-state index in [4.69, 9.17) is 20.0 Å². The van der Waals surface area contributed by atoms with Gasteiger partial charge in [-0.15, -0.1) is 0 Å². The molecule has 5 heteroatoms. The third-order valence-corrected chi connectivity index (χ3v) is 3.19. The topological polar surface area (TPSA) is 83.1 Å². The molecular formula is C19H14N2O3. The van der Waals surface area contributed by atoms with Gasteiger partial charge in [0, 0.05) is 0 Å². The lowest BCUT2D eigenvalue weighted by molar-refractivity contribution is -0.139. The average Bonchev–Trinajstić information content (AvgIpc) is 2.64. The van der Waals surface area contributed by atoms with Crippen molar-refractivity contribution in [2.24, 2.45) is 0 Å². The minimum absolute atomic E-state index is 0.00398. The van der Waals surface area contributed by atoms with Crippen molar-refractivity contribution in [2.45, 2.75) is 6.61 Å². The molecule has 5 nitrogen and oxygen atoms in total. The Morgan fingerprint density at radius 1 is 1.17 bits per heavy atom. The Kier molecular flexibility index (Phi) is 5.71. The highest BCUT2D eigenvalue weighted by atomic mass is 16.5. The molecule has 0 N–H and O–H groups in total. The maximum atomic E-state index is 12.0. The smallest absolute Gasteiger partial charge is 0.349 e. The van der Waals surface area contributed by atoms with Crippen LogP contribution in [-0.4, -0.2) is 13.1 Å². The third kappa shape index (κ3) is 4.46. The first-order valence-electron chi connectivity index (χ1n) is 7.08. The van der Waals surface area contributed by atoms with Crippen molar-refractivity contribution in [2.75, 3.05) is 7.11 Å². The molecule has 24 heavy (non-hydrogen) atoms. The Hall–Kier alpha value is -3.57. The van der Waals surface area contributed by atoms with Crippen molar-refractivity contribution in [3.8, 4) is 17.9 Å². The number of rotatable bonds is 5. The van der Waals surface area contributed by atoms with Crippen LogP contribution in [0.25, 0.3) is 6.08 Å². The fourth-order valence-corrected chi connectivity index (χ4v) is 1.96. The van der Waals surface area contributed by atoms with Gasteiger partial charge < -0.3 is 9.47 Å². The summed E-state index contributed by atoms with van der Waals surface area (Å²) in [6.07, 6.45) is 1.45. The number of hydrogen-bond acceptors (Lipinski definition) is 5. The first-order valence-corrected chi connectivity index (χ1v) is 7.08. The van der Waals surface area contributed by atoms with Crippen molar-refractivity contribution < 1.29 is 14.3 Å². The minimum atomic E-state index is -0.712. The Labute approximate surface area is 140 Å². The molecule has 0 spiro atoms. The van der Waals surface area contributed by atoms with Crippen LogP contribution in [0.4, 0.5) is 0 Å². The van der Waals surface area contributed by atoms with Gasteiger partial charge in [0.25, 0.3) is 0 Å². The van der Waals surface area contributed by atoms with Crippen molar-refractivity contribution in [1.82, 2.24) is 0 Å². The molecule has 0 atom stereocenters. The zero-order chi connectivity index (χ0) is 17.4. The van der Waals surface area contributed by atoms with Gasteiger partial charge in [0.15, 0.2) is 0 Å². The Balaban J connectivity index is 2.06. The molecule has 0 amide bonds. The number of esters is 1. The van der Waals surface area contributed by atoms with Crippen molar-refractivity contribution in [1.29, 1.82) is 10.5 Å². The lowest BCUT2D eigenvalue weighted by Crippen LogP contribution is -2.07. The number of benzene rings is 2. The molecule has 118 valence electrons. The number of methoxy groups -OCH3 is 1. The summed E-state index contributed by atoms with van der Waals surface area (Å²) in [5.41, 5.74) is 1.76. The second-order valence-electron chi connectivity index (χ2n) is 4.83. The van der Waals surface area contributed by atoms with E-state index in [1.54, 1.807) is 55.6 Å². The summed E-state index contributed by atoms with van der Waals surface area (Å²) in [6.45, 7) is -0.00398. The maximum Gasteiger partial charge on any atom is 0.349 e. The SMILES string of the molecule is COc1ccc(/C=C(\C#N)C(=O)OCc2cccc(C#N)c2)cc1. The van der Waals surface area contributed by atoms with E-state index in [1.807, 2.05) is 12.1 Å². The molecule has 0 aliphatic rings. The molecule has 2 aromatic carbocycles. The van der Waals surface area contributed by atoms with Crippen LogP contribution in [0, 0.1) is 22.7 Å². The lowest BCUT2D eigenvalue weighted by Gasteiger charge is -2.05. The maximum absolute atomic E-state index is 12.0. The van der Waals surface area contributed by atoms with Gasteiger partial charge in [-0.05, 0) is 41.5 Å². The fraction of sp³-hybridized carbons (Fsp3) is 0.105. The van der Waals surface area contributed by atoms with E-state index in [0.29, 0.717) is 22.4 Å². The van der Waals surface area contributed by atoms with Crippen molar-refractivity contribution >= 4 is 12.0 Å². The average molecular weight is 318 g/mol. The highest BCUT2D eigenvalue weighted by Gasteiger charge is 2.11. The first-order chi connectivity index (χ1) is 11.7. The van der Waals surface area contributed by atoms with Gasteiger partial charge in [0.2, 0.25) is 0 Å². The predicted molar refractivity (Wildman–Crippen MR) is 87.5 cm³/mol. The fourth-order valence-electron chi connectivity index (χ4n) is 1.96. The molecule has 2 aromatic rings. The zero-order valence-electron chi connectivity index (χ0n) is 13.0. The van der Waals surface area contributed by atoms with Crippen LogP contribution in [0.3, 0.4) is 0 Å². The molecular weight excluding hydrogens is 304 g/mol. The molecule has 0 fully saturated rings. The molecule has 0 aromatic heterocycles. The van der Waals surface area contributed by atoms with Crippen LogP contribution in [0.15, 0.2) is 54.1 Å². The number of carbonyl (C=O) groups is 1. The number of carbonyl (C=O) groups excluding carboxylic acids is 1. The van der Waals surface area contributed by atoms with Crippen LogP contribution in [0.5, 0.6) is 5.75 Å². The molecule has 0 aliphatic heterocycles. The standard InChI is InChI=1S/C19H14N2O3/c1-23-18-7-5-14(6-8-18)10-17(12-21)19(22)24-13-16-4-2-3-15(9-16)11-20/h2-10H,13H2,1H3/b17-10+. The van der Waals surface area contributed by atoms with Crippen molar-refractivity contribution in [3.63, 3.8) is 0 Å². The van der Waals surface area contributed by atoms with Gasteiger partial charge in [0.1, 0.15) is 24.0 Å². The number of nitrogens with zero attached hydrogens (tertiary/aromatic N) is 2. The van der Waals surface area contributed by atoms with E-state index < -0.39 is 5.97 Å².